The van der Waals surface area contributed by atoms with Gasteiger partial charge in [-0.2, -0.15) is 0 Å². The van der Waals surface area contributed by atoms with Crippen LogP contribution in [0.3, 0.4) is 0 Å². The summed E-state index contributed by atoms with van der Waals surface area (Å²) >= 11 is 1.42. The van der Waals surface area contributed by atoms with E-state index in [1.807, 2.05) is 24.3 Å². The van der Waals surface area contributed by atoms with Gasteiger partial charge < -0.3 is 10.4 Å². The summed E-state index contributed by atoms with van der Waals surface area (Å²) in [6.45, 7) is 0.589. The molecule has 0 amide bonds. The minimum absolute atomic E-state index is 0.328. The lowest BCUT2D eigenvalue weighted by Gasteiger charge is -2.04. The summed E-state index contributed by atoms with van der Waals surface area (Å²) < 4.78 is 0. The molecule has 2 N–H and O–H groups in total. The predicted molar refractivity (Wildman–Crippen MR) is 73.0 cm³/mol. The van der Waals surface area contributed by atoms with Crippen molar-refractivity contribution in [2.24, 2.45) is 0 Å². The van der Waals surface area contributed by atoms with Crippen molar-refractivity contribution in [2.75, 3.05) is 5.32 Å². The second kappa shape index (κ2) is 5.39. The summed E-state index contributed by atoms with van der Waals surface area (Å²) in [5.74, 6) is 1.67. The van der Waals surface area contributed by atoms with E-state index in [2.05, 4.69) is 11.2 Å². The van der Waals surface area contributed by atoms with Gasteiger partial charge in [-0.15, -0.1) is 17.8 Å². The number of benzene rings is 1. The Labute approximate surface area is 109 Å². The van der Waals surface area contributed by atoms with Crippen LogP contribution in [0.25, 0.3) is 0 Å². The largest absolute Gasteiger partial charge is 0.478 e. The van der Waals surface area contributed by atoms with Gasteiger partial charge in [-0.3, -0.25) is 0 Å². The molecule has 2 aromatic rings. The Kier molecular flexibility index (Phi) is 3.66. The number of carbonyl (C=O) groups is 1. The van der Waals surface area contributed by atoms with E-state index in [4.69, 9.17) is 11.5 Å². The minimum atomic E-state index is -0.896. The third-order valence-corrected chi connectivity index (χ3v) is 3.33. The molecule has 2 rings (SSSR count). The number of thiophene rings is 1. The molecule has 0 radical (unpaired) electrons. The minimum Gasteiger partial charge on any atom is -0.478 e. The number of carboxylic acids is 1. The van der Waals surface area contributed by atoms with Crippen LogP contribution in [0.5, 0.6) is 0 Å². The van der Waals surface area contributed by atoms with Crippen LogP contribution >= 0.6 is 11.3 Å². The van der Waals surface area contributed by atoms with Gasteiger partial charge in [-0.1, -0.05) is 12.0 Å². The molecule has 0 fully saturated rings. The van der Waals surface area contributed by atoms with Crippen molar-refractivity contribution in [3.05, 3.63) is 51.7 Å². The Hall–Kier alpha value is -2.25. The Morgan fingerprint density at radius 3 is 2.94 bits per heavy atom. The molecule has 0 saturated heterocycles. The summed E-state index contributed by atoms with van der Waals surface area (Å²) in [5.41, 5.74) is 2.07. The summed E-state index contributed by atoms with van der Waals surface area (Å²) in [4.78, 5) is 11.7. The van der Waals surface area contributed by atoms with Crippen molar-refractivity contribution < 1.29 is 9.90 Å². The van der Waals surface area contributed by atoms with Crippen molar-refractivity contribution in [3.63, 3.8) is 0 Å². The van der Waals surface area contributed by atoms with Crippen molar-refractivity contribution in [3.8, 4) is 12.3 Å². The van der Waals surface area contributed by atoms with Crippen LogP contribution in [0.2, 0.25) is 0 Å². The zero-order chi connectivity index (χ0) is 13.0. The van der Waals surface area contributed by atoms with Crippen LogP contribution in [0.15, 0.2) is 35.7 Å². The summed E-state index contributed by atoms with van der Waals surface area (Å²) in [7, 11) is 0. The molecule has 3 nitrogen and oxygen atoms in total. The highest BCUT2D eigenvalue weighted by atomic mass is 32.1. The van der Waals surface area contributed by atoms with Crippen molar-refractivity contribution in [1.82, 2.24) is 0 Å². The van der Waals surface area contributed by atoms with Crippen LogP contribution < -0.4 is 5.32 Å². The molecule has 0 atom stereocenters. The fourth-order valence-electron chi connectivity index (χ4n) is 1.49. The monoisotopic (exact) mass is 257 g/mol. The van der Waals surface area contributed by atoms with Crippen molar-refractivity contribution in [1.29, 1.82) is 0 Å². The van der Waals surface area contributed by atoms with Gasteiger partial charge >= 0.3 is 5.97 Å². The quantitative estimate of drug-likeness (QED) is 0.828. The number of anilines is 1. The van der Waals surface area contributed by atoms with E-state index in [1.165, 1.54) is 11.3 Å². The van der Waals surface area contributed by atoms with Crippen LogP contribution in [0.4, 0.5) is 5.69 Å². The summed E-state index contributed by atoms with van der Waals surface area (Å²) in [6.07, 6.45) is 5.32. The Balaban J connectivity index is 2.02. The molecule has 4 heteroatoms. The zero-order valence-electron chi connectivity index (χ0n) is 9.51. The smallest absolute Gasteiger partial charge is 0.336 e. The molecular weight excluding hydrogens is 246 g/mol. The maximum absolute atomic E-state index is 10.7. The first-order valence-corrected chi connectivity index (χ1v) is 6.18. The number of nitrogens with one attached hydrogen (secondary N) is 1. The molecule has 0 saturated carbocycles. The van der Waals surface area contributed by atoms with Crippen LogP contribution in [-0.4, -0.2) is 11.1 Å². The van der Waals surface area contributed by atoms with E-state index in [9.17, 15) is 4.79 Å². The second-order valence-electron chi connectivity index (χ2n) is 3.69. The standard InChI is InChI=1S/C14H11NO2S/c1-2-10-4-3-5-12(6-10)15-8-13-7-11(9-18-13)14(16)17/h1,3-7,9,15H,8H2,(H,16,17). The zero-order valence-corrected chi connectivity index (χ0v) is 10.3. The van der Waals surface area contributed by atoms with Gasteiger partial charge in [0.2, 0.25) is 0 Å². The van der Waals surface area contributed by atoms with Gasteiger partial charge in [0.05, 0.1) is 5.56 Å². The van der Waals surface area contributed by atoms with Gasteiger partial charge in [0.15, 0.2) is 0 Å². The highest BCUT2D eigenvalue weighted by Gasteiger charge is 2.06. The Morgan fingerprint density at radius 2 is 2.28 bits per heavy atom. The molecular formula is C14H11NO2S. The SMILES string of the molecule is C#Cc1cccc(NCc2cc(C(=O)O)cs2)c1. The van der Waals surface area contributed by atoms with E-state index in [0.29, 0.717) is 12.1 Å². The van der Waals surface area contributed by atoms with Crippen molar-refractivity contribution in [2.45, 2.75) is 6.54 Å². The average molecular weight is 257 g/mol. The number of hydrogen-bond acceptors (Lipinski definition) is 3. The molecule has 0 aliphatic rings. The number of rotatable bonds is 4. The van der Waals surface area contributed by atoms with Crippen LogP contribution in [0.1, 0.15) is 20.8 Å². The van der Waals surface area contributed by atoms with Gasteiger partial charge in [0.25, 0.3) is 0 Å². The van der Waals surface area contributed by atoms with E-state index in [0.717, 1.165) is 16.1 Å². The van der Waals surface area contributed by atoms with Gasteiger partial charge in [-0.05, 0) is 24.3 Å². The predicted octanol–water partition coefficient (Wildman–Crippen LogP) is 3.04. The number of carboxylic acid groups (broad SMARTS) is 1. The fourth-order valence-corrected chi connectivity index (χ4v) is 2.29. The Morgan fingerprint density at radius 1 is 1.44 bits per heavy atom. The fraction of sp³-hybridized carbons (Fsp3) is 0.0714. The average Bonchev–Trinajstić information content (AvgIpc) is 2.85. The molecule has 1 heterocycles. The van der Waals surface area contributed by atoms with E-state index in [1.54, 1.807) is 11.4 Å². The first-order valence-electron chi connectivity index (χ1n) is 5.30. The van der Waals surface area contributed by atoms with Gasteiger partial charge in [0.1, 0.15) is 0 Å². The maximum Gasteiger partial charge on any atom is 0.336 e. The normalized spacial score (nSPS) is 9.72. The number of hydrogen-bond donors (Lipinski definition) is 2. The third-order valence-electron chi connectivity index (χ3n) is 2.40. The molecule has 0 aliphatic carbocycles. The summed E-state index contributed by atoms with van der Waals surface area (Å²) in [5, 5.41) is 13.7. The maximum atomic E-state index is 10.7. The van der Waals surface area contributed by atoms with Crippen LogP contribution in [0, 0.1) is 12.3 Å². The number of aromatic carboxylic acids is 1. The number of terminal acetylenes is 1. The van der Waals surface area contributed by atoms with Gasteiger partial charge in [-0.25, -0.2) is 4.79 Å². The molecule has 1 aromatic carbocycles. The topological polar surface area (TPSA) is 49.3 Å². The second-order valence-corrected chi connectivity index (χ2v) is 4.68. The molecule has 90 valence electrons. The van der Waals surface area contributed by atoms with E-state index < -0.39 is 5.97 Å². The molecule has 0 bridgehead atoms. The highest BCUT2D eigenvalue weighted by molar-refractivity contribution is 7.10. The molecule has 0 spiro atoms. The molecule has 18 heavy (non-hydrogen) atoms. The molecule has 1 aromatic heterocycles. The highest BCUT2D eigenvalue weighted by Crippen LogP contribution is 2.17. The lowest BCUT2D eigenvalue weighted by atomic mass is 10.2. The molecule has 0 aliphatic heterocycles. The lowest BCUT2D eigenvalue weighted by molar-refractivity contribution is 0.0697. The third kappa shape index (κ3) is 2.90. The lowest BCUT2D eigenvalue weighted by Crippen LogP contribution is -1.98. The first kappa shape index (κ1) is 12.2. The van der Waals surface area contributed by atoms with E-state index in [-0.39, 0.29) is 0 Å². The van der Waals surface area contributed by atoms with Crippen LogP contribution in [-0.2, 0) is 6.54 Å². The van der Waals surface area contributed by atoms with Crippen molar-refractivity contribution >= 4 is 23.0 Å². The Bertz CT molecular complexity index is 610. The van der Waals surface area contributed by atoms with Gasteiger partial charge in [0, 0.05) is 28.1 Å². The summed E-state index contributed by atoms with van der Waals surface area (Å²) in [6, 6.07) is 9.22. The first-order chi connectivity index (χ1) is 8.69. The molecule has 0 unspecified atom stereocenters. The van der Waals surface area contributed by atoms with E-state index >= 15 is 0 Å².